The Bertz CT molecular complexity index is 774. The zero-order chi connectivity index (χ0) is 22.9. The Balaban J connectivity index is 0.000000304. The number of carbonyl (C=O) groups is 2. The maximum atomic E-state index is 11.1. The van der Waals surface area contributed by atoms with E-state index < -0.39 is 18.0 Å². The highest BCUT2D eigenvalue weighted by Crippen LogP contribution is 2.45. The standard InChI is InChI=1S/C11H13NO4.C9H18N2O2S/c1-11(2)15-8-6-4-5-7(9(8)16-11)14-10(13)12-3;1-9(2,3)7(6-14-5)11-13-8(12)10-4/h4-6H,1-3H3,(H,12,13);6H2,1-5H3,(H,10,12). The van der Waals surface area contributed by atoms with Gasteiger partial charge in [-0.05, 0) is 18.4 Å². The zero-order valence-corrected chi connectivity index (χ0v) is 19.6. The molecule has 0 saturated carbocycles. The van der Waals surface area contributed by atoms with Gasteiger partial charge < -0.3 is 24.8 Å². The fraction of sp³-hybridized carbons (Fsp3) is 0.550. The summed E-state index contributed by atoms with van der Waals surface area (Å²) in [5.74, 6) is 1.41. The van der Waals surface area contributed by atoms with Crippen LogP contribution in [0.2, 0.25) is 0 Å². The summed E-state index contributed by atoms with van der Waals surface area (Å²) in [6.07, 6.45) is 0.913. The number of benzene rings is 1. The Morgan fingerprint density at radius 2 is 1.77 bits per heavy atom. The average Bonchev–Trinajstić information content (AvgIpc) is 2.99. The molecule has 0 aromatic heterocycles. The predicted molar refractivity (Wildman–Crippen MR) is 118 cm³/mol. The molecule has 1 aliphatic heterocycles. The van der Waals surface area contributed by atoms with Gasteiger partial charge in [0.15, 0.2) is 11.5 Å². The van der Waals surface area contributed by atoms with Crippen LogP contribution in [0.5, 0.6) is 17.2 Å². The lowest BCUT2D eigenvalue weighted by Crippen LogP contribution is -2.30. The van der Waals surface area contributed by atoms with Crippen molar-refractivity contribution in [3.63, 3.8) is 0 Å². The second-order valence-corrected chi connectivity index (χ2v) is 8.54. The summed E-state index contributed by atoms with van der Waals surface area (Å²) in [6.45, 7) is 9.69. The quantitative estimate of drug-likeness (QED) is 0.413. The SMILES string of the molecule is CNC(=O)ON=C(CSC)C(C)(C)C.CNC(=O)Oc1cccc2c1OC(C)(C)O2. The highest BCUT2D eigenvalue weighted by molar-refractivity contribution is 7.99. The van der Waals surface area contributed by atoms with Crippen LogP contribution >= 0.6 is 11.8 Å². The molecule has 0 bridgehead atoms. The highest BCUT2D eigenvalue weighted by atomic mass is 32.2. The molecule has 1 aromatic carbocycles. The number of rotatable bonds is 4. The minimum Gasteiger partial charge on any atom is -0.449 e. The lowest BCUT2D eigenvalue weighted by atomic mass is 9.91. The molecule has 10 heteroatoms. The number of oxime groups is 1. The van der Waals surface area contributed by atoms with E-state index >= 15 is 0 Å². The van der Waals surface area contributed by atoms with Crippen LogP contribution < -0.4 is 24.8 Å². The maximum Gasteiger partial charge on any atom is 0.433 e. The van der Waals surface area contributed by atoms with E-state index in [-0.39, 0.29) is 5.41 Å². The number of hydrogen-bond acceptors (Lipinski definition) is 8. The van der Waals surface area contributed by atoms with E-state index in [1.54, 1.807) is 43.8 Å². The summed E-state index contributed by atoms with van der Waals surface area (Å²) in [5, 5.41) is 8.55. The lowest BCUT2D eigenvalue weighted by Gasteiger charge is -2.19. The maximum absolute atomic E-state index is 11.1. The van der Waals surface area contributed by atoms with Crippen molar-refractivity contribution in [3.8, 4) is 17.2 Å². The molecule has 0 radical (unpaired) electrons. The van der Waals surface area contributed by atoms with Crippen molar-refractivity contribution in [1.82, 2.24) is 10.6 Å². The third-order valence-corrected chi connectivity index (χ3v) is 4.20. The second-order valence-electron chi connectivity index (χ2n) is 7.68. The molecule has 2 rings (SSSR count). The largest absolute Gasteiger partial charge is 0.449 e. The average molecular weight is 442 g/mol. The number of amides is 2. The third kappa shape index (κ3) is 8.02. The summed E-state index contributed by atoms with van der Waals surface area (Å²) in [7, 11) is 3.00. The first-order valence-electron chi connectivity index (χ1n) is 9.29. The van der Waals surface area contributed by atoms with Crippen molar-refractivity contribution in [1.29, 1.82) is 0 Å². The molecule has 1 aromatic rings. The molecular weight excluding hydrogens is 410 g/mol. The normalized spacial score (nSPS) is 14.2. The van der Waals surface area contributed by atoms with Crippen LogP contribution in [0.3, 0.4) is 0 Å². The van der Waals surface area contributed by atoms with Crippen LogP contribution in [0.25, 0.3) is 0 Å². The minimum atomic E-state index is -0.732. The molecule has 1 aliphatic rings. The van der Waals surface area contributed by atoms with Gasteiger partial charge >= 0.3 is 12.2 Å². The van der Waals surface area contributed by atoms with Crippen LogP contribution in [-0.4, -0.2) is 49.8 Å². The Hall–Kier alpha value is -2.62. The summed E-state index contributed by atoms with van der Waals surface area (Å²) in [4.78, 5) is 26.6. The molecule has 30 heavy (non-hydrogen) atoms. The van der Waals surface area contributed by atoms with Gasteiger partial charge in [0.1, 0.15) is 0 Å². The minimum absolute atomic E-state index is 0.0724. The molecule has 0 unspecified atom stereocenters. The zero-order valence-electron chi connectivity index (χ0n) is 18.7. The van der Waals surface area contributed by atoms with E-state index in [0.717, 1.165) is 11.5 Å². The molecule has 1 heterocycles. The summed E-state index contributed by atoms with van der Waals surface area (Å²) < 4.78 is 16.1. The molecule has 0 aliphatic carbocycles. The molecule has 9 nitrogen and oxygen atoms in total. The monoisotopic (exact) mass is 441 g/mol. The van der Waals surface area contributed by atoms with Crippen molar-refractivity contribution in [2.45, 2.75) is 40.4 Å². The van der Waals surface area contributed by atoms with E-state index in [1.807, 2.05) is 27.0 Å². The number of nitrogens with one attached hydrogen (secondary N) is 2. The number of ether oxygens (including phenoxy) is 3. The first-order chi connectivity index (χ1) is 13.9. The second kappa shape index (κ2) is 11.0. The van der Waals surface area contributed by atoms with E-state index in [9.17, 15) is 9.59 Å². The van der Waals surface area contributed by atoms with Gasteiger partial charge in [-0.1, -0.05) is 32.0 Å². The molecular formula is C20H31N3O6S. The Morgan fingerprint density at radius 1 is 1.13 bits per heavy atom. The predicted octanol–water partition coefficient (Wildman–Crippen LogP) is 4.02. The molecule has 0 fully saturated rings. The van der Waals surface area contributed by atoms with Gasteiger partial charge in [0.25, 0.3) is 0 Å². The Morgan fingerprint density at radius 3 is 2.30 bits per heavy atom. The van der Waals surface area contributed by atoms with Gasteiger partial charge in [-0.15, -0.1) is 0 Å². The van der Waals surface area contributed by atoms with Crippen LogP contribution in [0, 0.1) is 5.41 Å². The van der Waals surface area contributed by atoms with Gasteiger partial charge in [-0.25, -0.2) is 9.59 Å². The van der Waals surface area contributed by atoms with Crippen molar-refractivity contribution >= 4 is 29.7 Å². The summed E-state index contributed by atoms with van der Waals surface area (Å²) in [5.41, 5.74) is 0.797. The number of thioether (sulfide) groups is 1. The highest BCUT2D eigenvalue weighted by Gasteiger charge is 2.34. The molecule has 0 atom stereocenters. The van der Waals surface area contributed by atoms with Crippen molar-refractivity contribution < 1.29 is 28.6 Å². The van der Waals surface area contributed by atoms with E-state index in [1.165, 1.54) is 14.1 Å². The van der Waals surface area contributed by atoms with Crippen molar-refractivity contribution in [3.05, 3.63) is 18.2 Å². The van der Waals surface area contributed by atoms with Gasteiger partial charge in [0.2, 0.25) is 11.5 Å². The van der Waals surface area contributed by atoms with Crippen LogP contribution in [-0.2, 0) is 4.84 Å². The smallest absolute Gasteiger partial charge is 0.433 e. The lowest BCUT2D eigenvalue weighted by molar-refractivity contribution is -0.0438. The van der Waals surface area contributed by atoms with Gasteiger partial charge in [-0.3, -0.25) is 4.84 Å². The van der Waals surface area contributed by atoms with E-state index in [4.69, 9.17) is 14.2 Å². The fourth-order valence-corrected chi connectivity index (χ4v) is 2.86. The van der Waals surface area contributed by atoms with Crippen molar-refractivity contribution in [2.75, 3.05) is 26.1 Å². The van der Waals surface area contributed by atoms with Crippen molar-refractivity contribution in [2.24, 2.45) is 10.6 Å². The molecule has 2 amide bonds. The Labute approximate surface area is 181 Å². The summed E-state index contributed by atoms with van der Waals surface area (Å²) >= 11 is 1.65. The molecule has 168 valence electrons. The van der Waals surface area contributed by atoms with Crippen LogP contribution in [0.1, 0.15) is 34.6 Å². The Kier molecular flexibility index (Phi) is 9.28. The first-order valence-corrected chi connectivity index (χ1v) is 10.7. The van der Waals surface area contributed by atoms with Gasteiger partial charge in [-0.2, -0.15) is 11.8 Å². The number of para-hydroxylation sites is 1. The van der Waals surface area contributed by atoms with E-state index in [0.29, 0.717) is 17.2 Å². The third-order valence-electron chi connectivity index (χ3n) is 3.64. The summed E-state index contributed by atoms with van der Waals surface area (Å²) in [6, 6.07) is 5.15. The number of fused-ring (bicyclic) bond motifs is 1. The first kappa shape index (κ1) is 25.4. The topological polar surface area (TPSA) is 107 Å². The fourth-order valence-electron chi connectivity index (χ4n) is 2.10. The molecule has 0 spiro atoms. The van der Waals surface area contributed by atoms with Crippen LogP contribution in [0.4, 0.5) is 9.59 Å². The number of nitrogens with zero attached hydrogens (tertiary/aromatic N) is 1. The molecule has 2 N–H and O–H groups in total. The van der Waals surface area contributed by atoms with E-state index in [2.05, 4.69) is 20.6 Å². The number of carbonyl (C=O) groups excluding carboxylic acids is 2. The number of hydrogen-bond donors (Lipinski definition) is 2. The van der Waals surface area contributed by atoms with Gasteiger partial charge in [0.05, 0.1) is 5.71 Å². The van der Waals surface area contributed by atoms with Gasteiger partial charge in [0, 0.05) is 39.1 Å². The molecule has 0 saturated heterocycles. The van der Waals surface area contributed by atoms with Crippen LogP contribution in [0.15, 0.2) is 23.4 Å².